The summed E-state index contributed by atoms with van der Waals surface area (Å²) in [6.45, 7) is 2.98. The number of carbonyl (C=O) groups excluding carboxylic acids is 1. The number of rotatable bonds is 2. The van der Waals surface area contributed by atoms with E-state index in [1.54, 1.807) is 0 Å². The van der Waals surface area contributed by atoms with Crippen LogP contribution in [0.4, 0.5) is 4.39 Å². The molecule has 2 unspecified atom stereocenters. The van der Waals surface area contributed by atoms with E-state index in [9.17, 15) is 9.18 Å². The number of pyridine rings is 1. The van der Waals surface area contributed by atoms with Gasteiger partial charge in [0.2, 0.25) is 0 Å². The zero-order valence-electron chi connectivity index (χ0n) is 9.74. The van der Waals surface area contributed by atoms with Crippen molar-refractivity contribution in [1.82, 2.24) is 15.6 Å². The Kier molecular flexibility index (Phi) is 3.68. The lowest BCUT2D eigenvalue weighted by atomic mass is 10.0. The molecule has 2 rings (SSSR count). The Morgan fingerprint density at radius 2 is 2.41 bits per heavy atom. The summed E-state index contributed by atoms with van der Waals surface area (Å²) in [7, 11) is 0. The molecule has 1 amide bonds. The van der Waals surface area contributed by atoms with Crippen molar-refractivity contribution in [3.05, 3.63) is 29.8 Å². The standard InChI is InChI=1S/C12H16FN3O/c1-8-4-11(2-3-15-8)16-12(17)9-5-10(13)7-14-6-9/h5-8,11,15H,2-4H2,1H3,(H,16,17). The van der Waals surface area contributed by atoms with Crippen LogP contribution >= 0.6 is 0 Å². The van der Waals surface area contributed by atoms with E-state index in [1.807, 2.05) is 0 Å². The fourth-order valence-electron chi connectivity index (χ4n) is 2.07. The fourth-order valence-corrected chi connectivity index (χ4v) is 2.07. The van der Waals surface area contributed by atoms with Gasteiger partial charge in [-0.25, -0.2) is 4.39 Å². The Labute approximate surface area is 99.6 Å². The van der Waals surface area contributed by atoms with Gasteiger partial charge in [0.25, 0.3) is 5.91 Å². The summed E-state index contributed by atoms with van der Waals surface area (Å²) in [5.41, 5.74) is 0.274. The first-order chi connectivity index (χ1) is 8.15. The monoisotopic (exact) mass is 237 g/mol. The van der Waals surface area contributed by atoms with Crippen LogP contribution in [-0.2, 0) is 0 Å². The third-order valence-electron chi connectivity index (χ3n) is 2.93. The summed E-state index contributed by atoms with van der Waals surface area (Å²) in [5, 5.41) is 6.22. The SMILES string of the molecule is CC1CC(NC(=O)c2cncc(F)c2)CCN1. The molecule has 92 valence electrons. The topological polar surface area (TPSA) is 54.0 Å². The van der Waals surface area contributed by atoms with Gasteiger partial charge in [-0.15, -0.1) is 0 Å². The van der Waals surface area contributed by atoms with Crippen LogP contribution in [0.3, 0.4) is 0 Å². The first-order valence-corrected chi connectivity index (χ1v) is 5.80. The Morgan fingerprint density at radius 1 is 1.59 bits per heavy atom. The molecule has 2 N–H and O–H groups in total. The maximum atomic E-state index is 12.9. The van der Waals surface area contributed by atoms with E-state index < -0.39 is 5.82 Å². The number of piperidine rings is 1. The van der Waals surface area contributed by atoms with Crippen molar-refractivity contribution in [2.24, 2.45) is 0 Å². The lowest BCUT2D eigenvalue weighted by Crippen LogP contribution is -2.46. The maximum Gasteiger partial charge on any atom is 0.253 e. The molecule has 0 aliphatic carbocycles. The molecule has 0 aromatic carbocycles. The number of nitrogens with one attached hydrogen (secondary N) is 2. The van der Waals surface area contributed by atoms with E-state index >= 15 is 0 Å². The average molecular weight is 237 g/mol. The minimum Gasteiger partial charge on any atom is -0.349 e. The molecule has 4 nitrogen and oxygen atoms in total. The van der Waals surface area contributed by atoms with Crippen molar-refractivity contribution >= 4 is 5.91 Å². The highest BCUT2D eigenvalue weighted by molar-refractivity contribution is 5.94. The van der Waals surface area contributed by atoms with Crippen LogP contribution in [0.15, 0.2) is 18.5 Å². The van der Waals surface area contributed by atoms with Gasteiger partial charge in [0.05, 0.1) is 11.8 Å². The Hall–Kier alpha value is -1.49. The third-order valence-corrected chi connectivity index (χ3v) is 2.93. The first kappa shape index (κ1) is 12.0. The molecule has 17 heavy (non-hydrogen) atoms. The van der Waals surface area contributed by atoms with Crippen molar-refractivity contribution in [2.75, 3.05) is 6.54 Å². The number of aromatic nitrogens is 1. The van der Waals surface area contributed by atoms with E-state index in [1.165, 1.54) is 12.3 Å². The molecule has 0 saturated carbocycles. The highest BCUT2D eigenvalue weighted by atomic mass is 19.1. The number of hydrogen-bond donors (Lipinski definition) is 2. The number of amides is 1. The minimum absolute atomic E-state index is 0.155. The second-order valence-electron chi connectivity index (χ2n) is 4.44. The molecule has 0 bridgehead atoms. The van der Waals surface area contributed by atoms with Gasteiger partial charge in [0.1, 0.15) is 5.82 Å². The van der Waals surface area contributed by atoms with E-state index in [-0.39, 0.29) is 17.5 Å². The Morgan fingerprint density at radius 3 is 3.12 bits per heavy atom. The normalized spacial score (nSPS) is 24.4. The molecule has 1 aromatic heterocycles. The third kappa shape index (κ3) is 3.23. The van der Waals surface area contributed by atoms with Gasteiger partial charge >= 0.3 is 0 Å². The highest BCUT2D eigenvalue weighted by Gasteiger charge is 2.20. The molecule has 1 aliphatic rings. The predicted octanol–water partition coefficient (Wildman–Crippen LogP) is 1.09. The summed E-state index contributed by atoms with van der Waals surface area (Å²) in [6, 6.07) is 1.76. The van der Waals surface area contributed by atoms with Crippen LogP contribution in [0.5, 0.6) is 0 Å². The molecular weight excluding hydrogens is 221 g/mol. The first-order valence-electron chi connectivity index (χ1n) is 5.80. The molecular formula is C12H16FN3O. The summed E-state index contributed by atoms with van der Waals surface area (Å²) in [5.74, 6) is -0.743. The molecule has 1 aromatic rings. The van der Waals surface area contributed by atoms with Crippen molar-refractivity contribution < 1.29 is 9.18 Å². The molecule has 2 atom stereocenters. The maximum absolute atomic E-state index is 12.9. The van der Waals surface area contributed by atoms with Gasteiger partial charge in [-0.1, -0.05) is 0 Å². The summed E-state index contributed by atoms with van der Waals surface area (Å²) >= 11 is 0. The molecule has 1 saturated heterocycles. The van der Waals surface area contributed by atoms with Crippen LogP contribution in [-0.4, -0.2) is 29.5 Å². The molecule has 0 spiro atoms. The van der Waals surface area contributed by atoms with Crippen LogP contribution in [0.25, 0.3) is 0 Å². The Balaban J connectivity index is 1.97. The van der Waals surface area contributed by atoms with Crippen LogP contribution in [0.2, 0.25) is 0 Å². The quantitative estimate of drug-likeness (QED) is 0.809. The van der Waals surface area contributed by atoms with Gasteiger partial charge in [-0.05, 0) is 32.4 Å². The average Bonchev–Trinajstić information content (AvgIpc) is 2.29. The zero-order chi connectivity index (χ0) is 12.3. The van der Waals surface area contributed by atoms with E-state index in [2.05, 4.69) is 22.5 Å². The number of hydrogen-bond acceptors (Lipinski definition) is 3. The van der Waals surface area contributed by atoms with Gasteiger partial charge in [-0.2, -0.15) is 0 Å². The van der Waals surface area contributed by atoms with Crippen molar-refractivity contribution in [1.29, 1.82) is 0 Å². The molecule has 0 radical (unpaired) electrons. The van der Waals surface area contributed by atoms with Crippen LogP contribution in [0, 0.1) is 5.82 Å². The molecule has 1 aliphatic heterocycles. The molecule has 1 fully saturated rings. The van der Waals surface area contributed by atoms with Gasteiger partial charge in [0, 0.05) is 18.3 Å². The van der Waals surface area contributed by atoms with E-state index in [0.717, 1.165) is 25.6 Å². The van der Waals surface area contributed by atoms with Crippen molar-refractivity contribution in [2.45, 2.75) is 31.8 Å². The van der Waals surface area contributed by atoms with Crippen LogP contribution in [0.1, 0.15) is 30.1 Å². The van der Waals surface area contributed by atoms with Crippen LogP contribution < -0.4 is 10.6 Å². The van der Waals surface area contributed by atoms with Crippen molar-refractivity contribution in [3.8, 4) is 0 Å². The smallest absolute Gasteiger partial charge is 0.253 e. The van der Waals surface area contributed by atoms with E-state index in [4.69, 9.17) is 0 Å². The lowest BCUT2D eigenvalue weighted by Gasteiger charge is -2.28. The lowest BCUT2D eigenvalue weighted by molar-refractivity contribution is 0.0925. The summed E-state index contributed by atoms with van der Waals surface area (Å²) in [4.78, 5) is 15.5. The number of carbonyl (C=O) groups is 1. The van der Waals surface area contributed by atoms with Gasteiger partial charge in [-0.3, -0.25) is 9.78 Å². The largest absolute Gasteiger partial charge is 0.349 e. The molecule has 2 heterocycles. The second-order valence-corrected chi connectivity index (χ2v) is 4.44. The number of nitrogens with zero attached hydrogens (tertiary/aromatic N) is 1. The predicted molar refractivity (Wildman–Crippen MR) is 62.1 cm³/mol. The van der Waals surface area contributed by atoms with Crippen molar-refractivity contribution in [3.63, 3.8) is 0 Å². The highest BCUT2D eigenvalue weighted by Crippen LogP contribution is 2.09. The number of halogens is 1. The Bertz CT molecular complexity index is 410. The minimum atomic E-state index is -0.490. The molecule has 5 heteroatoms. The van der Waals surface area contributed by atoms with Gasteiger partial charge in [0.15, 0.2) is 0 Å². The fraction of sp³-hybridized carbons (Fsp3) is 0.500. The summed E-state index contributed by atoms with van der Waals surface area (Å²) in [6.07, 6.45) is 4.26. The zero-order valence-corrected chi connectivity index (χ0v) is 9.74. The van der Waals surface area contributed by atoms with Gasteiger partial charge < -0.3 is 10.6 Å². The second kappa shape index (κ2) is 5.23. The summed E-state index contributed by atoms with van der Waals surface area (Å²) < 4.78 is 12.9. The van der Waals surface area contributed by atoms with E-state index in [0.29, 0.717) is 6.04 Å².